The smallest absolute Gasteiger partial charge is 0.325 e. The minimum Gasteiger partial charge on any atom is -0.419 e. The molecule has 1 aliphatic carbocycles. The highest BCUT2D eigenvalue weighted by Crippen LogP contribution is 2.40. The highest BCUT2D eigenvalue weighted by atomic mass is 16.4. The standard InChI is InChI=1S/C21H18N4O3/c26-19-21(12-6-10-14-7-4-5-11-16(14)21)22-20(27)25(19)13-17-23-24-18(28-17)15-8-2-1-3-9-15/h1-5,7-9,11H,6,10,12-13H2,(H,22,27)/t21-/m0/s1. The van der Waals surface area contributed by atoms with Crippen LogP contribution in [0.4, 0.5) is 4.79 Å². The van der Waals surface area contributed by atoms with Crippen LogP contribution in [0.25, 0.3) is 11.5 Å². The highest BCUT2D eigenvalue weighted by molar-refractivity contribution is 6.07. The first kappa shape index (κ1) is 16.7. The largest absolute Gasteiger partial charge is 0.419 e. The van der Waals surface area contributed by atoms with Crippen LogP contribution in [0.5, 0.6) is 0 Å². The maximum atomic E-state index is 13.3. The van der Waals surface area contributed by atoms with Gasteiger partial charge in [-0.05, 0) is 42.5 Å². The third-order valence-corrected chi connectivity index (χ3v) is 5.43. The van der Waals surface area contributed by atoms with E-state index in [9.17, 15) is 9.59 Å². The number of fused-ring (bicyclic) bond motifs is 2. The summed E-state index contributed by atoms with van der Waals surface area (Å²) in [5.74, 6) is 0.327. The van der Waals surface area contributed by atoms with E-state index in [1.54, 1.807) is 0 Å². The van der Waals surface area contributed by atoms with E-state index < -0.39 is 11.6 Å². The molecule has 1 atom stereocenters. The number of carbonyl (C=O) groups excluding carboxylic acids is 2. The lowest BCUT2D eigenvalue weighted by Gasteiger charge is -2.33. The van der Waals surface area contributed by atoms with E-state index in [0.717, 1.165) is 29.5 Å². The molecule has 0 saturated carbocycles. The Kier molecular flexibility index (Phi) is 3.75. The van der Waals surface area contributed by atoms with Gasteiger partial charge in [-0.1, -0.05) is 42.5 Å². The Morgan fingerprint density at radius 3 is 2.68 bits per heavy atom. The van der Waals surface area contributed by atoms with Crippen LogP contribution < -0.4 is 5.32 Å². The van der Waals surface area contributed by atoms with Crippen molar-refractivity contribution < 1.29 is 14.0 Å². The molecular weight excluding hydrogens is 356 g/mol. The minimum atomic E-state index is -0.992. The van der Waals surface area contributed by atoms with E-state index in [0.29, 0.717) is 12.3 Å². The molecule has 3 aromatic rings. The van der Waals surface area contributed by atoms with Gasteiger partial charge in [-0.3, -0.25) is 9.69 Å². The maximum Gasteiger partial charge on any atom is 0.325 e. The van der Waals surface area contributed by atoms with Crippen molar-refractivity contribution in [1.29, 1.82) is 0 Å². The Hall–Kier alpha value is -3.48. The van der Waals surface area contributed by atoms with Gasteiger partial charge >= 0.3 is 6.03 Å². The van der Waals surface area contributed by atoms with Gasteiger partial charge in [0.25, 0.3) is 5.91 Å². The minimum absolute atomic E-state index is 0.0472. The summed E-state index contributed by atoms with van der Waals surface area (Å²) in [5.41, 5.74) is 1.79. The second-order valence-electron chi connectivity index (χ2n) is 7.10. The molecule has 2 heterocycles. The predicted octanol–water partition coefficient (Wildman–Crippen LogP) is 3.02. The Morgan fingerprint density at radius 2 is 1.82 bits per heavy atom. The molecule has 0 unspecified atom stereocenters. The summed E-state index contributed by atoms with van der Waals surface area (Å²) < 4.78 is 5.68. The van der Waals surface area contributed by atoms with E-state index in [2.05, 4.69) is 15.5 Å². The average molecular weight is 374 g/mol. The molecule has 1 fully saturated rings. The number of nitrogens with zero attached hydrogens (tertiary/aromatic N) is 3. The number of urea groups is 1. The molecule has 2 aliphatic rings. The van der Waals surface area contributed by atoms with E-state index in [-0.39, 0.29) is 18.3 Å². The molecule has 1 N–H and O–H groups in total. The summed E-state index contributed by atoms with van der Waals surface area (Å²) in [6.07, 6.45) is 2.34. The van der Waals surface area contributed by atoms with E-state index in [4.69, 9.17) is 4.42 Å². The second-order valence-corrected chi connectivity index (χ2v) is 7.10. The van der Waals surface area contributed by atoms with Gasteiger partial charge < -0.3 is 9.73 Å². The predicted molar refractivity (Wildman–Crippen MR) is 99.9 cm³/mol. The van der Waals surface area contributed by atoms with Crippen LogP contribution in [0.3, 0.4) is 0 Å². The number of hydrogen-bond donors (Lipinski definition) is 1. The van der Waals surface area contributed by atoms with Gasteiger partial charge in [0.05, 0.1) is 0 Å². The van der Waals surface area contributed by atoms with Gasteiger partial charge in [0.1, 0.15) is 12.1 Å². The lowest BCUT2D eigenvalue weighted by Crippen LogP contribution is -2.46. The van der Waals surface area contributed by atoms with Gasteiger partial charge in [0.2, 0.25) is 11.8 Å². The lowest BCUT2D eigenvalue weighted by molar-refractivity contribution is -0.132. The molecule has 28 heavy (non-hydrogen) atoms. The fourth-order valence-electron chi connectivity index (χ4n) is 4.11. The molecule has 0 radical (unpaired) electrons. The van der Waals surface area contributed by atoms with E-state index >= 15 is 0 Å². The Balaban J connectivity index is 1.43. The summed E-state index contributed by atoms with van der Waals surface area (Å²) in [6, 6.07) is 16.7. The molecule has 7 heteroatoms. The zero-order chi connectivity index (χ0) is 19.1. The summed E-state index contributed by atoms with van der Waals surface area (Å²) in [5, 5.41) is 11.0. The van der Waals surface area contributed by atoms with Crippen molar-refractivity contribution in [3.05, 3.63) is 71.6 Å². The van der Waals surface area contributed by atoms with Crippen molar-refractivity contribution in [1.82, 2.24) is 20.4 Å². The summed E-state index contributed by atoms with van der Waals surface area (Å²) in [6.45, 7) is -0.0472. The van der Waals surface area contributed by atoms with Crippen LogP contribution in [-0.2, 0) is 23.3 Å². The molecule has 7 nitrogen and oxygen atoms in total. The van der Waals surface area contributed by atoms with Crippen molar-refractivity contribution >= 4 is 11.9 Å². The number of aromatic nitrogens is 2. The van der Waals surface area contributed by atoms with Crippen LogP contribution in [0.15, 0.2) is 59.0 Å². The number of imide groups is 1. The Labute approximate surface area is 161 Å². The van der Waals surface area contributed by atoms with Crippen LogP contribution in [-0.4, -0.2) is 27.0 Å². The van der Waals surface area contributed by atoms with Crippen molar-refractivity contribution in [2.24, 2.45) is 0 Å². The maximum absolute atomic E-state index is 13.3. The van der Waals surface area contributed by atoms with E-state index in [1.165, 1.54) is 4.90 Å². The molecule has 1 aromatic heterocycles. The molecular formula is C21H18N4O3. The van der Waals surface area contributed by atoms with Gasteiger partial charge in [-0.15, -0.1) is 10.2 Å². The van der Waals surface area contributed by atoms with Crippen LogP contribution in [0, 0.1) is 0 Å². The summed E-state index contributed by atoms with van der Waals surface area (Å²) in [7, 11) is 0. The third-order valence-electron chi connectivity index (χ3n) is 5.43. The normalized spacial score (nSPS) is 21.1. The number of benzene rings is 2. The number of carbonyl (C=O) groups is 2. The number of nitrogens with one attached hydrogen (secondary N) is 1. The van der Waals surface area contributed by atoms with Crippen LogP contribution >= 0.6 is 0 Å². The molecule has 140 valence electrons. The van der Waals surface area contributed by atoms with Crippen LogP contribution in [0.2, 0.25) is 0 Å². The molecule has 0 bridgehead atoms. The molecule has 1 spiro atoms. The fourth-order valence-corrected chi connectivity index (χ4v) is 4.11. The molecule has 2 aromatic carbocycles. The van der Waals surface area contributed by atoms with Gasteiger partial charge in [-0.25, -0.2) is 4.79 Å². The Morgan fingerprint density at radius 1 is 1.04 bits per heavy atom. The molecule has 5 rings (SSSR count). The number of hydrogen-bond acceptors (Lipinski definition) is 5. The quantitative estimate of drug-likeness (QED) is 0.712. The third kappa shape index (κ3) is 2.51. The fraction of sp³-hybridized carbons (Fsp3) is 0.238. The number of amides is 3. The first-order chi connectivity index (χ1) is 13.7. The molecule has 3 amide bonds. The van der Waals surface area contributed by atoms with Crippen molar-refractivity contribution in [3.63, 3.8) is 0 Å². The zero-order valence-corrected chi connectivity index (χ0v) is 15.1. The monoisotopic (exact) mass is 374 g/mol. The topological polar surface area (TPSA) is 88.3 Å². The van der Waals surface area contributed by atoms with Crippen LogP contribution in [0.1, 0.15) is 29.9 Å². The highest BCUT2D eigenvalue weighted by Gasteiger charge is 2.54. The first-order valence-corrected chi connectivity index (χ1v) is 9.28. The average Bonchev–Trinajstić information content (AvgIpc) is 3.29. The number of rotatable bonds is 3. The Bertz CT molecular complexity index is 1060. The first-order valence-electron chi connectivity index (χ1n) is 9.28. The molecule has 1 aliphatic heterocycles. The van der Waals surface area contributed by atoms with Crippen molar-refractivity contribution in [2.45, 2.75) is 31.3 Å². The zero-order valence-electron chi connectivity index (χ0n) is 15.1. The summed E-state index contributed by atoms with van der Waals surface area (Å²) in [4.78, 5) is 27.1. The van der Waals surface area contributed by atoms with Crippen molar-refractivity contribution in [2.75, 3.05) is 0 Å². The second kappa shape index (κ2) is 6.30. The van der Waals surface area contributed by atoms with E-state index in [1.807, 2.05) is 54.6 Å². The van der Waals surface area contributed by atoms with Crippen molar-refractivity contribution in [3.8, 4) is 11.5 Å². The van der Waals surface area contributed by atoms with Gasteiger partial charge in [0.15, 0.2) is 0 Å². The summed E-state index contributed by atoms with van der Waals surface area (Å²) >= 11 is 0. The lowest BCUT2D eigenvalue weighted by atomic mass is 9.76. The molecule has 1 saturated heterocycles. The van der Waals surface area contributed by atoms with Gasteiger partial charge in [-0.2, -0.15) is 0 Å². The SMILES string of the molecule is O=C1N[C@]2(CCCc3ccccc32)C(=O)N1Cc1nnc(-c2ccccc2)o1. The van der Waals surface area contributed by atoms with Gasteiger partial charge in [0, 0.05) is 5.56 Å². The number of aryl methyl sites for hydroxylation is 1.